The molecule has 0 radical (unpaired) electrons. The van der Waals surface area contributed by atoms with Crippen molar-refractivity contribution in [2.75, 3.05) is 5.32 Å². The molecular formula is C26H21N3O3S. The van der Waals surface area contributed by atoms with Crippen molar-refractivity contribution in [1.29, 1.82) is 0 Å². The van der Waals surface area contributed by atoms with E-state index in [1.165, 1.54) is 24.3 Å². The highest BCUT2D eigenvalue weighted by molar-refractivity contribution is 7.89. The van der Waals surface area contributed by atoms with Crippen LogP contribution in [0.15, 0.2) is 83.8 Å². The maximum Gasteiger partial charge on any atom is 0.256 e. The van der Waals surface area contributed by atoms with E-state index in [4.69, 9.17) is 10.1 Å². The van der Waals surface area contributed by atoms with Crippen molar-refractivity contribution in [3.8, 4) is 0 Å². The predicted octanol–water partition coefficient (Wildman–Crippen LogP) is 4.62. The molecule has 1 aliphatic rings. The fourth-order valence-electron chi connectivity index (χ4n) is 4.21. The van der Waals surface area contributed by atoms with Gasteiger partial charge in [-0.25, -0.2) is 18.5 Å². The Balaban J connectivity index is 1.57. The largest absolute Gasteiger partial charge is 0.322 e. The minimum Gasteiger partial charge on any atom is -0.322 e. The molecule has 7 heteroatoms. The first-order valence-electron chi connectivity index (χ1n) is 10.5. The van der Waals surface area contributed by atoms with Gasteiger partial charge in [-0.15, -0.1) is 0 Å². The smallest absolute Gasteiger partial charge is 0.256 e. The highest BCUT2D eigenvalue weighted by Crippen LogP contribution is 2.37. The summed E-state index contributed by atoms with van der Waals surface area (Å²) >= 11 is 0. The molecule has 0 fully saturated rings. The number of sulfonamides is 1. The number of hydrogen-bond donors (Lipinski definition) is 2. The van der Waals surface area contributed by atoms with Crippen LogP contribution in [0, 0.1) is 0 Å². The minimum absolute atomic E-state index is 0.00792. The molecule has 1 amide bonds. The summed E-state index contributed by atoms with van der Waals surface area (Å²) in [5.41, 5.74) is 5.82. The van der Waals surface area contributed by atoms with Crippen molar-refractivity contribution < 1.29 is 13.2 Å². The van der Waals surface area contributed by atoms with Crippen LogP contribution in [0.4, 0.5) is 5.69 Å². The van der Waals surface area contributed by atoms with Crippen molar-refractivity contribution in [2.45, 2.75) is 17.7 Å². The molecule has 1 heterocycles. The number of aromatic nitrogens is 1. The number of nitrogens with two attached hydrogens (primary N) is 1. The number of allylic oxidation sites excluding steroid dienone is 1. The van der Waals surface area contributed by atoms with Crippen molar-refractivity contribution in [3.05, 3.63) is 101 Å². The summed E-state index contributed by atoms with van der Waals surface area (Å²) in [6.07, 6.45) is 3.65. The number of primary sulfonamides is 1. The SMILES string of the molecule is NS(=O)(=O)c1ccc(NC(=O)c2c3c(nc4ccccc24)C(=Cc2ccccc2)CC3)cc1. The molecule has 6 nitrogen and oxygen atoms in total. The Hall–Kier alpha value is -3.81. The maximum atomic E-state index is 13.4. The number of fused-ring (bicyclic) bond motifs is 2. The van der Waals surface area contributed by atoms with E-state index in [2.05, 4.69) is 11.4 Å². The average Bonchev–Trinajstić information content (AvgIpc) is 3.19. The molecule has 33 heavy (non-hydrogen) atoms. The van der Waals surface area contributed by atoms with Gasteiger partial charge in [-0.2, -0.15) is 0 Å². The van der Waals surface area contributed by atoms with Crippen LogP contribution in [-0.2, 0) is 16.4 Å². The molecule has 0 spiro atoms. The molecule has 0 saturated heterocycles. The first kappa shape index (κ1) is 21.1. The second kappa shape index (κ2) is 8.27. The first-order valence-corrected chi connectivity index (χ1v) is 12.1. The normalized spacial score (nSPS) is 14.4. The van der Waals surface area contributed by atoms with Gasteiger partial charge in [0.25, 0.3) is 5.91 Å². The fourth-order valence-corrected chi connectivity index (χ4v) is 4.73. The predicted molar refractivity (Wildman–Crippen MR) is 130 cm³/mol. The first-order chi connectivity index (χ1) is 15.9. The van der Waals surface area contributed by atoms with Gasteiger partial charge < -0.3 is 5.32 Å². The third-order valence-corrected chi connectivity index (χ3v) is 6.68. The van der Waals surface area contributed by atoms with Gasteiger partial charge in [0.1, 0.15) is 0 Å². The molecule has 0 bridgehead atoms. The molecular weight excluding hydrogens is 434 g/mol. The molecule has 164 valence electrons. The zero-order chi connectivity index (χ0) is 23.0. The van der Waals surface area contributed by atoms with Gasteiger partial charge >= 0.3 is 0 Å². The number of amides is 1. The number of para-hydroxylation sites is 1. The lowest BCUT2D eigenvalue weighted by Gasteiger charge is -2.13. The number of anilines is 1. The van der Waals surface area contributed by atoms with E-state index in [9.17, 15) is 13.2 Å². The van der Waals surface area contributed by atoms with Crippen molar-refractivity contribution >= 4 is 44.2 Å². The summed E-state index contributed by atoms with van der Waals surface area (Å²) in [6, 6.07) is 23.5. The Bertz CT molecular complexity index is 1510. The van der Waals surface area contributed by atoms with Gasteiger partial charge in [0, 0.05) is 11.1 Å². The van der Waals surface area contributed by atoms with E-state index in [-0.39, 0.29) is 10.8 Å². The number of nitrogens with one attached hydrogen (secondary N) is 1. The van der Waals surface area contributed by atoms with E-state index < -0.39 is 10.0 Å². The number of carbonyl (C=O) groups is 1. The van der Waals surface area contributed by atoms with Gasteiger partial charge in [-0.3, -0.25) is 4.79 Å². The third-order valence-electron chi connectivity index (χ3n) is 5.75. The van der Waals surface area contributed by atoms with Gasteiger partial charge in [0.05, 0.1) is 21.7 Å². The molecule has 1 aliphatic carbocycles. The van der Waals surface area contributed by atoms with E-state index in [0.29, 0.717) is 11.3 Å². The fraction of sp³-hybridized carbons (Fsp3) is 0.0769. The van der Waals surface area contributed by atoms with Crippen LogP contribution in [-0.4, -0.2) is 19.3 Å². The van der Waals surface area contributed by atoms with E-state index in [1.807, 2.05) is 54.6 Å². The van der Waals surface area contributed by atoms with Crippen LogP contribution in [0.5, 0.6) is 0 Å². The third kappa shape index (κ3) is 4.16. The summed E-state index contributed by atoms with van der Waals surface area (Å²) in [6.45, 7) is 0. The molecule has 4 aromatic rings. The van der Waals surface area contributed by atoms with Crippen LogP contribution in [0.2, 0.25) is 0 Å². The molecule has 5 rings (SSSR count). The summed E-state index contributed by atoms with van der Waals surface area (Å²) < 4.78 is 23.0. The number of hydrogen-bond acceptors (Lipinski definition) is 4. The standard InChI is InChI=1S/C26H21N3O3S/c27-33(31,32)20-13-11-19(12-14-20)28-26(30)24-21-8-4-5-9-23(21)29-25-18(10-15-22(24)25)16-17-6-2-1-3-7-17/h1-9,11-14,16H,10,15H2,(H,28,30)(H2,27,31,32). The van der Waals surface area contributed by atoms with E-state index in [0.717, 1.165) is 46.1 Å². The highest BCUT2D eigenvalue weighted by atomic mass is 32.2. The Kier molecular flexibility index (Phi) is 5.28. The molecule has 0 saturated carbocycles. The molecule has 3 N–H and O–H groups in total. The number of carbonyl (C=O) groups excluding carboxylic acids is 1. The Morgan fingerprint density at radius 1 is 0.909 bits per heavy atom. The van der Waals surface area contributed by atoms with Gasteiger partial charge in [0.2, 0.25) is 10.0 Å². The summed E-state index contributed by atoms with van der Waals surface area (Å²) in [4.78, 5) is 18.3. The Morgan fingerprint density at radius 3 is 2.33 bits per heavy atom. The summed E-state index contributed by atoms with van der Waals surface area (Å²) in [5.74, 6) is -0.255. The number of nitrogens with zero attached hydrogens (tertiary/aromatic N) is 1. The number of benzene rings is 3. The summed E-state index contributed by atoms with van der Waals surface area (Å²) in [7, 11) is -3.80. The van der Waals surface area contributed by atoms with Gasteiger partial charge in [-0.05, 0) is 65.9 Å². The second-order valence-corrected chi connectivity index (χ2v) is 9.50. The molecule has 0 unspecified atom stereocenters. The van der Waals surface area contributed by atoms with Crippen LogP contribution in [0.3, 0.4) is 0 Å². The van der Waals surface area contributed by atoms with Crippen molar-refractivity contribution in [3.63, 3.8) is 0 Å². The molecule has 1 aromatic heterocycles. The maximum absolute atomic E-state index is 13.4. The Morgan fingerprint density at radius 2 is 1.61 bits per heavy atom. The summed E-state index contributed by atoms with van der Waals surface area (Å²) in [5, 5.41) is 8.85. The number of rotatable bonds is 4. The topological polar surface area (TPSA) is 102 Å². The lowest BCUT2D eigenvalue weighted by molar-refractivity contribution is 0.102. The lowest BCUT2D eigenvalue weighted by Crippen LogP contribution is -2.16. The van der Waals surface area contributed by atoms with E-state index >= 15 is 0 Å². The average molecular weight is 456 g/mol. The lowest BCUT2D eigenvalue weighted by atomic mass is 9.99. The minimum atomic E-state index is -3.80. The molecule has 0 aliphatic heterocycles. The van der Waals surface area contributed by atoms with Crippen molar-refractivity contribution in [2.24, 2.45) is 5.14 Å². The Labute approximate surface area is 191 Å². The van der Waals surface area contributed by atoms with Crippen LogP contribution < -0.4 is 10.5 Å². The molecule has 3 aromatic carbocycles. The van der Waals surface area contributed by atoms with Gasteiger partial charge in [0.15, 0.2) is 0 Å². The second-order valence-electron chi connectivity index (χ2n) is 7.93. The molecule has 0 atom stereocenters. The van der Waals surface area contributed by atoms with Crippen molar-refractivity contribution in [1.82, 2.24) is 4.98 Å². The van der Waals surface area contributed by atoms with Crippen LogP contribution in [0.25, 0.3) is 22.6 Å². The monoisotopic (exact) mass is 455 g/mol. The van der Waals surface area contributed by atoms with Gasteiger partial charge in [-0.1, -0.05) is 48.5 Å². The zero-order valence-corrected chi connectivity index (χ0v) is 18.5. The quantitative estimate of drug-likeness (QED) is 0.469. The zero-order valence-electron chi connectivity index (χ0n) is 17.7. The van der Waals surface area contributed by atoms with Crippen LogP contribution >= 0.6 is 0 Å². The van der Waals surface area contributed by atoms with E-state index in [1.54, 1.807) is 0 Å². The highest BCUT2D eigenvalue weighted by Gasteiger charge is 2.27. The number of pyridine rings is 1. The van der Waals surface area contributed by atoms with Crippen LogP contribution in [0.1, 0.15) is 33.6 Å².